The number of H-pyrrole nitrogens is 1. The number of amides is 1. The lowest BCUT2D eigenvalue weighted by molar-refractivity contribution is -0.0392. The molecule has 1 aliphatic rings. The molecule has 1 atom stereocenters. The number of β-amino-alcohol motifs (C(OH)–C–C–N with tert-alkyl or cyclic N) is 1. The van der Waals surface area contributed by atoms with E-state index >= 15 is 0 Å². The molecule has 1 amide bonds. The summed E-state index contributed by atoms with van der Waals surface area (Å²) in [5, 5.41) is 11.4. The van der Waals surface area contributed by atoms with Gasteiger partial charge in [-0.15, -0.1) is 0 Å². The van der Waals surface area contributed by atoms with Gasteiger partial charge in [0.15, 0.2) is 0 Å². The van der Waals surface area contributed by atoms with Crippen LogP contribution in [0.4, 0.5) is 0 Å². The molecule has 1 unspecified atom stereocenters. The summed E-state index contributed by atoms with van der Waals surface area (Å²) >= 11 is 0. The van der Waals surface area contributed by atoms with Crippen molar-refractivity contribution in [3.63, 3.8) is 0 Å². The second kappa shape index (κ2) is 5.66. The summed E-state index contributed by atoms with van der Waals surface area (Å²) in [6, 6.07) is 1.80. The van der Waals surface area contributed by atoms with Crippen LogP contribution in [0.3, 0.4) is 0 Å². The van der Waals surface area contributed by atoms with Crippen molar-refractivity contribution < 1.29 is 9.90 Å². The molecule has 7 heteroatoms. The third kappa shape index (κ3) is 2.82. The van der Waals surface area contributed by atoms with Crippen molar-refractivity contribution in [3.8, 4) is 0 Å². The van der Waals surface area contributed by atoms with Gasteiger partial charge in [0.2, 0.25) is 0 Å². The Hall–Kier alpha value is -1.99. The third-order valence-corrected chi connectivity index (χ3v) is 4.01. The van der Waals surface area contributed by atoms with E-state index in [2.05, 4.69) is 15.0 Å². The van der Waals surface area contributed by atoms with E-state index in [4.69, 9.17) is 0 Å². The molecule has 0 spiro atoms. The van der Waals surface area contributed by atoms with Gasteiger partial charge in [-0.05, 0) is 33.0 Å². The summed E-state index contributed by atoms with van der Waals surface area (Å²) in [6.07, 6.45) is 4.63. The van der Waals surface area contributed by atoms with Crippen LogP contribution in [0.1, 0.15) is 23.3 Å². The Labute approximate surface area is 129 Å². The van der Waals surface area contributed by atoms with E-state index in [1.165, 1.54) is 6.33 Å². The highest BCUT2D eigenvalue weighted by atomic mass is 16.3. The van der Waals surface area contributed by atoms with Crippen LogP contribution >= 0.6 is 0 Å². The number of nitrogens with zero attached hydrogens (tertiary/aromatic N) is 4. The average Bonchev–Trinajstić information content (AvgIpc) is 2.93. The molecule has 118 valence electrons. The number of aliphatic hydroxyl groups is 1. The van der Waals surface area contributed by atoms with Gasteiger partial charge in [-0.2, -0.15) is 0 Å². The van der Waals surface area contributed by atoms with Gasteiger partial charge in [-0.3, -0.25) is 4.79 Å². The van der Waals surface area contributed by atoms with Gasteiger partial charge in [0.25, 0.3) is 5.91 Å². The predicted molar refractivity (Wildman–Crippen MR) is 82.5 cm³/mol. The Morgan fingerprint density at radius 3 is 3.09 bits per heavy atom. The molecule has 3 rings (SSSR count). The molecule has 1 aliphatic heterocycles. The number of hydrogen-bond donors (Lipinski definition) is 2. The largest absolute Gasteiger partial charge is 0.387 e. The number of carbonyl (C=O) groups is 1. The van der Waals surface area contributed by atoms with Crippen LogP contribution in [0, 0.1) is 0 Å². The van der Waals surface area contributed by atoms with E-state index in [1.54, 1.807) is 17.2 Å². The first kappa shape index (κ1) is 14.9. The predicted octanol–water partition coefficient (Wildman–Crippen LogP) is 0.487. The summed E-state index contributed by atoms with van der Waals surface area (Å²) in [6.45, 7) is 1.52. The highest BCUT2D eigenvalue weighted by molar-refractivity contribution is 6.03. The van der Waals surface area contributed by atoms with Crippen LogP contribution < -0.4 is 0 Å². The van der Waals surface area contributed by atoms with Gasteiger partial charge in [0, 0.05) is 19.3 Å². The van der Waals surface area contributed by atoms with Crippen molar-refractivity contribution in [2.24, 2.45) is 0 Å². The molecule has 2 N–H and O–H groups in total. The Bertz CT molecular complexity index is 683. The molecular formula is C15H21N5O2. The van der Waals surface area contributed by atoms with Crippen molar-refractivity contribution in [2.45, 2.75) is 18.4 Å². The average molecular weight is 303 g/mol. The topological polar surface area (TPSA) is 85.3 Å². The number of rotatable bonds is 3. The van der Waals surface area contributed by atoms with Crippen LogP contribution in [0.15, 0.2) is 18.6 Å². The van der Waals surface area contributed by atoms with Crippen LogP contribution in [0.2, 0.25) is 0 Å². The first-order chi connectivity index (χ1) is 10.5. The van der Waals surface area contributed by atoms with Crippen LogP contribution in [0.5, 0.6) is 0 Å². The molecule has 22 heavy (non-hydrogen) atoms. The summed E-state index contributed by atoms with van der Waals surface area (Å²) in [7, 11) is 3.85. The Morgan fingerprint density at radius 2 is 2.32 bits per heavy atom. The number of aromatic nitrogens is 3. The van der Waals surface area contributed by atoms with Crippen molar-refractivity contribution in [1.29, 1.82) is 0 Å². The van der Waals surface area contributed by atoms with E-state index in [9.17, 15) is 9.90 Å². The maximum absolute atomic E-state index is 12.8. The third-order valence-electron chi connectivity index (χ3n) is 4.01. The highest BCUT2D eigenvalue weighted by Gasteiger charge is 2.36. The number of likely N-dealkylation sites (tertiary alicyclic amines) is 1. The number of hydrogen-bond acceptors (Lipinski definition) is 5. The minimum Gasteiger partial charge on any atom is -0.387 e. The Morgan fingerprint density at radius 1 is 1.50 bits per heavy atom. The summed E-state index contributed by atoms with van der Waals surface area (Å²) < 4.78 is 0. The van der Waals surface area contributed by atoms with E-state index in [0.717, 1.165) is 6.42 Å². The maximum atomic E-state index is 12.8. The number of nitrogens with one attached hydrogen (secondary N) is 1. The van der Waals surface area contributed by atoms with Crippen molar-refractivity contribution in [3.05, 3.63) is 24.3 Å². The number of fused-ring (bicyclic) bond motifs is 1. The van der Waals surface area contributed by atoms with Crippen molar-refractivity contribution in [1.82, 2.24) is 24.8 Å². The standard InChI is InChI=1S/C15H21N5O2/c1-19(2)8-15(22)5-3-7-20(9-15)14(21)12-11-4-6-16-13(11)18-10-17-12/h4,6,10,22H,3,5,7-9H2,1-2H3,(H,16,17,18). The number of piperidine rings is 1. The SMILES string of the molecule is CN(C)CC1(O)CCCN(C(=O)c2ncnc3[nH]ccc23)C1. The van der Waals surface area contributed by atoms with E-state index in [1.807, 2.05) is 19.0 Å². The fraction of sp³-hybridized carbons (Fsp3) is 0.533. The maximum Gasteiger partial charge on any atom is 0.273 e. The van der Waals surface area contributed by atoms with Crippen molar-refractivity contribution >= 4 is 16.9 Å². The smallest absolute Gasteiger partial charge is 0.273 e. The minimum absolute atomic E-state index is 0.149. The molecule has 1 saturated heterocycles. The molecule has 0 saturated carbocycles. The fourth-order valence-corrected chi connectivity index (χ4v) is 3.20. The molecule has 3 heterocycles. The van der Waals surface area contributed by atoms with Crippen LogP contribution in [0.25, 0.3) is 11.0 Å². The molecule has 2 aromatic rings. The zero-order chi connectivity index (χ0) is 15.7. The molecular weight excluding hydrogens is 282 g/mol. The van der Waals surface area contributed by atoms with Crippen molar-refractivity contribution in [2.75, 3.05) is 33.7 Å². The van der Waals surface area contributed by atoms with E-state index in [0.29, 0.717) is 42.8 Å². The van der Waals surface area contributed by atoms with Crippen LogP contribution in [-0.2, 0) is 0 Å². The lowest BCUT2D eigenvalue weighted by Gasteiger charge is -2.40. The summed E-state index contributed by atoms with van der Waals surface area (Å²) in [5.41, 5.74) is 0.182. The zero-order valence-electron chi connectivity index (χ0n) is 12.9. The Kier molecular flexibility index (Phi) is 3.84. The van der Waals surface area contributed by atoms with E-state index in [-0.39, 0.29) is 5.91 Å². The molecule has 0 bridgehead atoms. The second-order valence-corrected chi connectivity index (χ2v) is 6.25. The lowest BCUT2D eigenvalue weighted by Crippen LogP contribution is -2.54. The summed E-state index contributed by atoms with van der Waals surface area (Å²) in [4.78, 5) is 27.7. The van der Waals surface area contributed by atoms with Gasteiger partial charge >= 0.3 is 0 Å². The van der Waals surface area contributed by atoms with Gasteiger partial charge in [0.1, 0.15) is 17.7 Å². The van der Waals surface area contributed by atoms with Gasteiger partial charge < -0.3 is 19.9 Å². The summed E-state index contributed by atoms with van der Waals surface area (Å²) in [5.74, 6) is -0.149. The fourth-order valence-electron chi connectivity index (χ4n) is 3.20. The molecule has 7 nitrogen and oxygen atoms in total. The second-order valence-electron chi connectivity index (χ2n) is 6.25. The zero-order valence-corrected chi connectivity index (χ0v) is 12.9. The van der Waals surface area contributed by atoms with Gasteiger partial charge in [-0.25, -0.2) is 9.97 Å². The molecule has 0 aliphatic carbocycles. The first-order valence-electron chi connectivity index (χ1n) is 7.43. The molecule has 2 aromatic heterocycles. The number of carbonyl (C=O) groups excluding carboxylic acids is 1. The molecule has 0 radical (unpaired) electrons. The number of aromatic amines is 1. The minimum atomic E-state index is -0.859. The quantitative estimate of drug-likeness (QED) is 0.862. The van der Waals surface area contributed by atoms with E-state index < -0.39 is 5.60 Å². The van der Waals surface area contributed by atoms with Gasteiger partial charge in [-0.1, -0.05) is 0 Å². The monoisotopic (exact) mass is 303 g/mol. The highest BCUT2D eigenvalue weighted by Crippen LogP contribution is 2.24. The molecule has 0 aromatic carbocycles. The number of likely N-dealkylation sites (N-methyl/N-ethyl adjacent to an activating group) is 1. The Balaban J connectivity index is 1.84. The normalized spacial score (nSPS) is 22.5. The lowest BCUT2D eigenvalue weighted by atomic mass is 9.92. The molecule has 1 fully saturated rings. The van der Waals surface area contributed by atoms with Gasteiger partial charge in [0.05, 0.1) is 17.5 Å². The first-order valence-corrected chi connectivity index (χ1v) is 7.43. The van der Waals surface area contributed by atoms with Crippen LogP contribution in [-0.4, -0.2) is 75.1 Å².